The molecule has 0 radical (unpaired) electrons. The first kappa shape index (κ1) is 29.4. The van der Waals surface area contributed by atoms with E-state index in [1.54, 1.807) is 0 Å². The Hall–Kier alpha value is -3.65. The third-order valence-corrected chi connectivity index (χ3v) is 8.61. The first-order valence-electron chi connectivity index (χ1n) is 14.9. The lowest BCUT2D eigenvalue weighted by molar-refractivity contribution is -0.206. The maximum atomic E-state index is 14.2. The topological polar surface area (TPSA) is 74.2 Å². The standard InChI is InChI=1S/C37H38O6/c1-25-18-19-30(26(2)20-25)33(39)35-34(40-22-27-12-6-3-7-13-27)32-36(41-23-28-14-8-4-9-15-28)37(32,31(21-38)43-35)42-24-29-16-10-5-11-17-29/h3-20,31-32,34-36,38H,21-24H2,1-2H3/t31?,32?,34?,35-,36?,37?/m1/s1. The monoisotopic (exact) mass is 578 g/mol. The lowest BCUT2D eigenvalue weighted by Gasteiger charge is -2.39. The molecule has 1 aliphatic carbocycles. The smallest absolute Gasteiger partial charge is 0.194 e. The highest BCUT2D eigenvalue weighted by Gasteiger charge is 2.78. The van der Waals surface area contributed by atoms with Crippen molar-refractivity contribution in [2.45, 2.75) is 63.7 Å². The summed E-state index contributed by atoms with van der Waals surface area (Å²) in [5.74, 6) is -0.506. The van der Waals surface area contributed by atoms with Gasteiger partial charge in [-0.05, 0) is 36.1 Å². The molecule has 6 atom stereocenters. The summed E-state index contributed by atoms with van der Waals surface area (Å²) in [7, 11) is 0. The number of fused-ring (bicyclic) bond motifs is 1. The molecule has 1 saturated carbocycles. The van der Waals surface area contributed by atoms with Gasteiger partial charge >= 0.3 is 0 Å². The SMILES string of the molecule is Cc1ccc(C(=O)[C@H]2OC(CO)C3(OCc4ccccc4)C(OCc4ccccc4)C3C2OCc2ccccc2)c(C)c1. The Morgan fingerprint density at radius 3 is 1.88 bits per heavy atom. The Morgan fingerprint density at radius 1 is 0.767 bits per heavy atom. The molecule has 6 heteroatoms. The fourth-order valence-corrected chi connectivity index (χ4v) is 6.40. The van der Waals surface area contributed by atoms with Gasteiger partial charge in [0.25, 0.3) is 0 Å². The van der Waals surface area contributed by atoms with Gasteiger partial charge in [-0.25, -0.2) is 0 Å². The maximum Gasteiger partial charge on any atom is 0.194 e. The van der Waals surface area contributed by atoms with E-state index in [9.17, 15) is 9.90 Å². The lowest BCUT2D eigenvalue weighted by Crippen LogP contribution is -2.55. The second-order valence-electron chi connectivity index (χ2n) is 11.5. The quantitative estimate of drug-likeness (QED) is 0.208. The molecule has 222 valence electrons. The zero-order valence-electron chi connectivity index (χ0n) is 24.6. The van der Waals surface area contributed by atoms with Crippen molar-refractivity contribution in [1.29, 1.82) is 0 Å². The van der Waals surface area contributed by atoms with E-state index in [0.29, 0.717) is 25.4 Å². The van der Waals surface area contributed by atoms with E-state index < -0.39 is 30.0 Å². The normalized spacial score (nSPS) is 26.1. The zero-order chi connectivity index (χ0) is 29.8. The molecule has 0 spiro atoms. The number of hydrogen-bond acceptors (Lipinski definition) is 6. The predicted octanol–water partition coefficient (Wildman–Crippen LogP) is 6.00. The minimum atomic E-state index is -0.986. The van der Waals surface area contributed by atoms with Crippen LogP contribution < -0.4 is 0 Å². The molecule has 6 rings (SSSR count). The Bertz CT molecular complexity index is 1510. The number of benzene rings is 4. The average molecular weight is 579 g/mol. The Kier molecular flexibility index (Phi) is 8.84. The third kappa shape index (κ3) is 6.07. The van der Waals surface area contributed by atoms with Crippen LogP contribution in [0.1, 0.15) is 38.2 Å². The van der Waals surface area contributed by atoms with E-state index in [1.807, 2.05) is 123 Å². The van der Waals surface area contributed by atoms with Crippen molar-refractivity contribution >= 4 is 5.78 Å². The molecular weight excluding hydrogens is 540 g/mol. The summed E-state index contributed by atoms with van der Waals surface area (Å²) >= 11 is 0. The summed E-state index contributed by atoms with van der Waals surface area (Å²) in [6.45, 7) is 4.58. The highest BCUT2D eigenvalue weighted by molar-refractivity contribution is 6.01. The largest absolute Gasteiger partial charge is 0.394 e. The number of ether oxygens (including phenoxy) is 4. The summed E-state index contributed by atoms with van der Waals surface area (Å²) in [4.78, 5) is 14.2. The van der Waals surface area contributed by atoms with E-state index in [-0.39, 0.29) is 18.3 Å². The van der Waals surface area contributed by atoms with Crippen LogP contribution in [0.25, 0.3) is 0 Å². The van der Waals surface area contributed by atoms with Crippen molar-refractivity contribution in [1.82, 2.24) is 0 Å². The van der Waals surface area contributed by atoms with Crippen LogP contribution in [0.15, 0.2) is 109 Å². The van der Waals surface area contributed by atoms with Gasteiger partial charge in [0.2, 0.25) is 0 Å². The molecule has 0 amide bonds. The van der Waals surface area contributed by atoms with Crippen molar-refractivity contribution in [2.24, 2.45) is 5.92 Å². The molecule has 0 aromatic heterocycles. The van der Waals surface area contributed by atoms with Gasteiger partial charge in [-0.3, -0.25) is 4.79 Å². The molecule has 1 heterocycles. The Balaban J connectivity index is 1.35. The molecule has 0 bridgehead atoms. The van der Waals surface area contributed by atoms with Crippen molar-refractivity contribution in [2.75, 3.05) is 6.61 Å². The van der Waals surface area contributed by atoms with E-state index in [4.69, 9.17) is 18.9 Å². The van der Waals surface area contributed by atoms with Gasteiger partial charge in [0.05, 0.1) is 44.6 Å². The summed E-state index contributed by atoms with van der Waals surface area (Å²) in [6, 6.07) is 35.5. The first-order chi connectivity index (χ1) is 21.0. The number of carbonyl (C=O) groups excluding carboxylic acids is 1. The predicted molar refractivity (Wildman–Crippen MR) is 163 cm³/mol. The minimum Gasteiger partial charge on any atom is -0.394 e. The van der Waals surface area contributed by atoms with Crippen LogP contribution in [-0.2, 0) is 38.8 Å². The van der Waals surface area contributed by atoms with Crippen molar-refractivity contribution in [3.63, 3.8) is 0 Å². The molecule has 2 aliphatic rings. The van der Waals surface area contributed by atoms with Crippen LogP contribution in [0.4, 0.5) is 0 Å². The molecule has 1 saturated heterocycles. The molecule has 4 aromatic rings. The Labute approximate surface area is 253 Å². The average Bonchev–Trinajstić information content (AvgIpc) is 3.70. The highest BCUT2D eigenvalue weighted by atomic mass is 16.6. The number of hydrogen-bond donors (Lipinski definition) is 1. The number of Topliss-reactive ketones (excluding diaryl/α,β-unsaturated/α-hetero) is 1. The van der Waals surface area contributed by atoms with Gasteiger partial charge in [-0.15, -0.1) is 0 Å². The number of aryl methyl sites for hydroxylation is 2. The summed E-state index contributed by atoms with van der Waals surface area (Å²) < 4.78 is 26.4. The second kappa shape index (κ2) is 12.9. The minimum absolute atomic E-state index is 0.167. The van der Waals surface area contributed by atoms with Crippen LogP contribution in [0.3, 0.4) is 0 Å². The molecule has 4 aromatic carbocycles. The molecule has 5 unspecified atom stereocenters. The first-order valence-corrected chi connectivity index (χ1v) is 14.9. The molecule has 2 fully saturated rings. The molecule has 6 nitrogen and oxygen atoms in total. The van der Waals surface area contributed by atoms with Gasteiger partial charge in [0, 0.05) is 5.56 Å². The third-order valence-electron chi connectivity index (χ3n) is 8.61. The summed E-state index contributed by atoms with van der Waals surface area (Å²) in [6.07, 6.45) is -2.83. The van der Waals surface area contributed by atoms with Crippen LogP contribution in [-0.4, -0.2) is 47.5 Å². The number of rotatable bonds is 12. The number of ketones is 1. The van der Waals surface area contributed by atoms with Gasteiger partial charge in [0.1, 0.15) is 17.8 Å². The van der Waals surface area contributed by atoms with Gasteiger partial charge in [-0.2, -0.15) is 0 Å². The Morgan fingerprint density at radius 2 is 1.33 bits per heavy atom. The summed E-state index contributed by atoms with van der Waals surface area (Å²) in [5.41, 5.74) is 4.56. The van der Waals surface area contributed by atoms with Crippen molar-refractivity contribution in [3.05, 3.63) is 143 Å². The fraction of sp³-hybridized carbons (Fsp3) is 0.324. The highest BCUT2D eigenvalue weighted by Crippen LogP contribution is 2.60. The van der Waals surface area contributed by atoms with E-state index in [0.717, 1.165) is 27.8 Å². The van der Waals surface area contributed by atoms with Crippen LogP contribution >= 0.6 is 0 Å². The van der Waals surface area contributed by atoms with E-state index in [1.165, 1.54) is 0 Å². The zero-order valence-corrected chi connectivity index (χ0v) is 24.6. The van der Waals surface area contributed by atoms with E-state index in [2.05, 4.69) is 0 Å². The number of aliphatic hydroxyl groups excluding tert-OH is 1. The maximum absolute atomic E-state index is 14.2. The number of carbonyl (C=O) groups is 1. The molecule has 1 aliphatic heterocycles. The summed E-state index contributed by atoms with van der Waals surface area (Å²) in [5, 5.41) is 10.7. The number of aliphatic hydroxyl groups is 1. The fourth-order valence-electron chi connectivity index (χ4n) is 6.40. The molecular formula is C37H38O6. The van der Waals surface area contributed by atoms with Crippen LogP contribution in [0.5, 0.6) is 0 Å². The molecule has 43 heavy (non-hydrogen) atoms. The van der Waals surface area contributed by atoms with Gasteiger partial charge < -0.3 is 24.1 Å². The van der Waals surface area contributed by atoms with Crippen LogP contribution in [0.2, 0.25) is 0 Å². The van der Waals surface area contributed by atoms with Crippen molar-refractivity contribution < 1.29 is 28.8 Å². The van der Waals surface area contributed by atoms with E-state index >= 15 is 0 Å². The lowest BCUT2D eigenvalue weighted by atomic mass is 9.90. The van der Waals surface area contributed by atoms with Gasteiger partial charge in [0.15, 0.2) is 5.78 Å². The van der Waals surface area contributed by atoms with Crippen molar-refractivity contribution in [3.8, 4) is 0 Å². The van der Waals surface area contributed by atoms with Gasteiger partial charge in [-0.1, -0.05) is 115 Å². The van der Waals surface area contributed by atoms with Crippen LogP contribution in [0, 0.1) is 19.8 Å². The molecule has 1 N–H and O–H groups in total. The second-order valence-corrected chi connectivity index (χ2v) is 11.5.